The maximum Gasteiger partial charge on any atom is 0.168 e. The number of aliphatic hydroxyl groups is 1. The van der Waals surface area contributed by atoms with Crippen LogP contribution < -0.4 is 4.74 Å². The molecule has 0 bridgehead atoms. The van der Waals surface area contributed by atoms with Gasteiger partial charge in [0, 0.05) is 10.0 Å². The van der Waals surface area contributed by atoms with Gasteiger partial charge in [0.2, 0.25) is 0 Å². The fourth-order valence-electron chi connectivity index (χ4n) is 1.41. The number of rotatable bonds is 3. The highest BCUT2D eigenvalue weighted by atomic mass is 79.9. The second-order valence-corrected chi connectivity index (χ2v) is 4.36. The van der Waals surface area contributed by atoms with Gasteiger partial charge in [0.1, 0.15) is 5.75 Å². The van der Waals surface area contributed by atoms with E-state index in [4.69, 9.17) is 9.84 Å². The third-order valence-electron chi connectivity index (χ3n) is 2.25. The summed E-state index contributed by atoms with van der Waals surface area (Å²) in [5.41, 5.74) is 0.424. The highest BCUT2D eigenvalue weighted by Gasteiger charge is 2.09. The first-order valence-electron chi connectivity index (χ1n) is 5.02. The van der Waals surface area contributed by atoms with Gasteiger partial charge in [0.05, 0.1) is 6.61 Å². The zero-order valence-corrected chi connectivity index (χ0v) is 10.4. The van der Waals surface area contributed by atoms with Crippen LogP contribution in [0.4, 0.5) is 4.39 Å². The largest absolute Gasteiger partial charge is 0.454 e. The van der Waals surface area contributed by atoms with Gasteiger partial charge in [-0.2, -0.15) is 0 Å². The third-order valence-corrected chi connectivity index (χ3v) is 2.78. The number of hydrogen-bond donors (Lipinski definition) is 1. The maximum absolute atomic E-state index is 13.6. The molecule has 0 heterocycles. The zero-order chi connectivity index (χ0) is 12.3. The SMILES string of the molecule is OCc1cccc(F)c1Oc1ccc(Br)cc1. The summed E-state index contributed by atoms with van der Waals surface area (Å²) in [5, 5.41) is 9.11. The van der Waals surface area contributed by atoms with E-state index < -0.39 is 5.82 Å². The summed E-state index contributed by atoms with van der Waals surface area (Å²) in [4.78, 5) is 0. The van der Waals surface area contributed by atoms with E-state index >= 15 is 0 Å². The van der Waals surface area contributed by atoms with Crippen molar-refractivity contribution in [3.8, 4) is 11.5 Å². The van der Waals surface area contributed by atoms with Gasteiger partial charge < -0.3 is 9.84 Å². The van der Waals surface area contributed by atoms with Crippen molar-refractivity contribution in [2.24, 2.45) is 0 Å². The molecule has 0 unspecified atom stereocenters. The van der Waals surface area contributed by atoms with Gasteiger partial charge in [-0.3, -0.25) is 0 Å². The highest BCUT2D eigenvalue weighted by Crippen LogP contribution is 2.29. The molecule has 0 aliphatic rings. The summed E-state index contributed by atoms with van der Waals surface area (Å²) in [5.74, 6) is 0.102. The summed E-state index contributed by atoms with van der Waals surface area (Å²) in [6, 6.07) is 11.5. The smallest absolute Gasteiger partial charge is 0.168 e. The molecule has 1 N–H and O–H groups in total. The van der Waals surface area contributed by atoms with E-state index in [1.807, 2.05) is 0 Å². The number of benzene rings is 2. The minimum absolute atomic E-state index is 0.0670. The van der Waals surface area contributed by atoms with Crippen molar-refractivity contribution in [2.45, 2.75) is 6.61 Å². The van der Waals surface area contributed by atoms with E-state index in [1.165, 1.54) is 12.1 Å². The van der Waals surface area contributed by atoms with E-state index in [2.05, 4.69) is 15.9 Å². The van der Waals surface area contributed by atoms with Crippen LogP contribution in [0, 0.1) is 5.82 Å². The van der Waals surface area contributed by atoms with E-state index in [0.717, 1.165) is 4.47 Å². The molecule has 0 aliphatic heterocycles. The molecule has 17 heavy (non-hydrogen) atoms. The predicted molar refractivity (Wildman–Crippen MR) is 66.5 cm³/mol. The number of para-hydroxylation sites is 1. The minimum atomic E-state index is -0.487. The van der Waals surface area contributed by atoms with Gasteiger partial charge in [0.25, 0.3) is 0 Å². The Morgan fingerprint density at radius 1 is 1.12 bits per heavy atom. The molecule has 0 atom stereocenters. The van der Waals surface area contributed by atoms with Crippen LogP contribution in [0.25, 0.3) is 0 Å². The van der Waals surface area contributed by atoms with Crippen molar-refractivity contribution < 1.29 is 14.2 Å². The molecular weight excluding hydrogens is 287 g/mol. The molecule has 0 radical (unpaired) electrons. The van der Waals surface area contributed by atoms with Gasteiger partial charge >= 0.3 is 0 Å². The molecule has 0 fully saturated rings. The summed E-state index contributed by atoms with van der Waals surface area (Å²) in [6.45, 7) is -0.260. The Kier molecular flexibility index (Phi) is 3.76. The lowest BCUT2D eigenvalue weighted by molar-refractivity contribution is 0.274. The molecule has 0 amide bonds. The molecule has 0 aromatic heterocycles. The first-order chi connectivity index (χ1) is 8.20. The quantitative estimate of drug-likeness (QED) is 0.931. The molecule has 2 aromatic carbocycles. The van der Waals surface area contributed by atoms with Crippen LogP contribution >= 0.6 is 15.9 Å². The second kappa shape index (κ2) is 5.29. The van der Waals surface area contributed by atoms with E-state index in [9.17, 15) is 4.39 Å². The molecule has 88 valence electrons. The molecule has 0 saturated heterocycles. The van der Waals surface area contributed by atoms with Crippen LogP contribution in [0.1, 0.15) is 5.56 Å². The molecule has 0 spiro atoms. The molecule has 2 rings (SSSR count). The molecule has 2 aromatic rings. The van der Waals surface area contributed by atoms with Gasteiger partial charge in [-0.1, -0.05) is 28.1 Å². The lowest BCUT2D eigenvalue weighted by Gasteiger charge is -2.10. The lowest BCUT2D eigenvalue weighted by atomic mass is 10.2. The van der Waals surface area contributed by atoms with E-state index in [0.29, 0.717) is 11.3 Å². The molecular formula is C13H10BrFO2. The fraction of sp³-hybridized carbons (Fsp3) is 0.0769. The van der Waals surface area contributed by atoms with Crippen LogP contribution in [0.2, 0.25) is 0 Å². The normalized spacial score (nSPS) is 10.3. The van der Waals surface area contributed by atoms with E-state index in [-0.39, 0.29) is 12.4 Å². The van der Waals surface area contributed by atoms with Crippen LogP contribution in [0.5, 0.6) is 11.5 Å². The van der Waals surface area contributed by atoms with Gasteiger partial charge in [-0.15, -0.1) is 0 Å². The molecule has 4 heteroatoms. The maximum atomic E-state index is 13.6. The summed E-state index contributed by atoms with van der Waals surface area (Å²) in [7, 11) is 0. The van der Waals surface area contributed by atoms with Crippen molar-refractivity contribution >= 4 is 15.9 Å². The molecule has 0 saturated carbocycles. The number of aliphatic hydroxyl groups excluding tert-OH is 1. The number of ether oxygens (including phenoxy) is 1. The highest BCUT2D eigenvalue weighted by molar-refractivity contribution is 9.10. The van der Waals surface area contributed by atoms with Crippen LogP contribution in [-0.2, 0) is 6.61 Å². The standard InChI is InChI=1S/C13H10BrFO2/c14-10-4-6-11(7-5-10)17-13-9(8-16)2-1-3-12(13)15/h1-7,16H,8H2. The Labute approximate surface area is 107 Å². The van der Waals surface area contributed by atoms with Crippen molar-refractivity contribution in [3.05, 3.63) is 58.3 Å². The topological polar surface area (TPSA) is 29.5 Å². The first-order valence-corrected chi connectivity index (χ1v) is 5.81. The Balaban J connectivity index is 2.32. The van der Waals surface area contributed by atoms with Crippen molar-refractivity contribution in [1.82, 2.24) is 0 Å². The molecule has 2 nitrogen and oxygen atoms in total. The Morgan fingerprint density at radius 2 is 1.82 bits per heavy atom. The number of hydrogen-bond acceptors (Lipinski definition) is 2. The van der Waals surface area contributed by atoms with Crippen LogP contribution in [0.3, 0.4) is 0 Å². The Morgan fingerprint density at radius 3 is 2.47 bits per heavy atom. The van der Waals surface area contributed by atoms with Crippen LogP contribution in [0.15, 0.2) is 46.9 Å². The minimum Gasteiger partial charge on any atom is -0.454 e. The Hall–Kier alpha value is -1.39. The summed E-state index contributed by atoms with van der Waals surface area (Å²) >= 11 is 3.30. The predicted octanol–water partition coefficient (Wildman–Crippen LogP) is 3.87. The molecule has 0 aliphatic carbocycles. The van der Waals surface area contributed by atoms with Crippen molar-refractivity contribution in [2.75, 3.05) is 0 Å². The average molecular weight is 297 g/mol. The number of halogens is 2. The summed E-state index contributed by atoms with van der Waals surface area (Å²) < 4.78 is 19.9. The zero-order valence-electron chi connectivity index (χ0n) is 8.86. The first kappa shape index (κ1) is 12.1. The Bertz CT molecular complexity index is 511. The monoisotopic (exact) mass is 296 g/mol. The fourth-order valence-corrected chi connectivity index (χ4v) is 1.68. The van der Waals surface area contributed by atoms with Crippen molar-refractivity contribution in [3.63, 3.8) is 0 Å². The van der Waals surface area contributed by atoms with Gasteiger partial charge in [0.15, 0.2) is 11.6 Å². The van der Waals surface area contributed by atoms with Gasteiger partial charge in [-0.25, -0.2) is 4.39 Å². The van der Waals surface area contributed by atoms with Gasteiger partial charge in [-0.05, 0) is 30.3 Å². The second-order valence-electron chi connectivity index (χ2n) is 3.44. The van der Waals surface area contributed by atoms with Crippen LogP contribution in [-0.4, -0.2) is 5.11 Å². The summed E-state index contributed by atoms with van der Waals surface area (Å²) in [6.07, 6.45) is 0. The van der Waals surface area contributed by atoms with E-state index in [1.54, 1.807) is 30.3 Å². The average Bonchev–Trinajstić information content (AvgIpc) is 2.34. The van der Waals surface area contributed by atoms with Crippen molar-refractivity contribution in [1.29, 1.82) is 0 Å². The lowest BCUT2D eigenvalue weighted by Crippen LogP contribution is -1.94. The third kappa shape index (κ3) is 2.84.